The first-order valence-corrected chi connectivity index (χ1v) is 15.6. The lowest BCUT2D eigenvalue weighted by atomic mass is 10.0. The SMILES string of the molecule is CN1CCN(c2ccc3nc(-c4ccc5nc(CCCc6ccccc6N(CCCl)CCCl)[nH]c5c4)[nH]c3c2)CC1. The molecule has 6 rings (SSSR count). The van der Waals surface area contributed by atoms with Crippen LogP contribution in [0, 0.1) is 0 Å². The molecule has 9 heteroatoms. The normalized spacial score (nSPS) is 14.4. The second-order valence-electron chi connectivity index (χ2n) is 10.8. The number of aromatic amines is 2. The number of aromatic nitrogens is 4. The van der Waals surface area contributed by atoms with Gasteiger partial charge in [-0.15, -0.1) is 23.2 Å². The molecule has 7 nitrogen and oxygen atoms in total. The Morgan fingerprint density at radius 3 is 2.34 bits per heavy atom. The second kappa shape index (κ2) is 12.7. The van der Waals surface area contributed by atoms with Gasteiger partial charge in [0.15, 0.2) is 0 Å². The zero-order valence-corrected chi connectivity index (χ0v) is 25.1. The number of H-pyrrole nitrogens is 2. The van der Waals surface area contributed by atoms with E-state index in [2.05, 4.69) is 92.4 Å². The van der Waals surface area contributed by atoms with Crippen LogP contribution < -0.4 is 9.80 Å². The zero-order valence-electron chi connectivity index (χ0n) is 23.5. The lowest BCUT2D eigenvalue weighted by Crippen LogP contribution is -2.44. The second-order valence-corrected chi connectivity index (χ2v) is 11.6. The van der Waals surface area contributed by atoms with Crippen LogP contribution in [-0.4, -0.2) is 82.9 Å². The molecule has 1 aliphatic heterocycles. The number of nitrogens with one attached hydrogen (secondary N) is 2. The number of piperazine rings is 1. The molecule has 0 bridgehead atoms. The van der Waals surface area contributed by atoms with E-state index in [1.54, 1.807) is 0 Å². The van der Waals surface area contributed by atoms with Gasteiger partial charge < -0.3 is 24.7 Å². The molecule has 3 aromatic carbocycles. The van der Waals surface area contributed by atoms with Crippen molar-refractivity contribution in [3.8, 4) is 11.4 Å². The Labute approximate surface area is 251 Å². The zero-order chi connectivity index (χ0) is 28.2. The standard InChI is InChI=1S/C32H37Cl2N7/c1-39-17-19-40(20-18-39)25-10-12-27-29(22-25)38-32(37-27)24-9-11-26-28(21-24)36-31(35-26)8-4-6-23-5-2-3-7-30(23)41(15-13-33)16-14-34/h2-3,5,7,9-12,21-22H,4,6,8,13-20H2,1H3,(H,35,36)(H,37,38). The number of hydrogen-bond acceptors (Lipinski definition) is 5. The monoisotopic (exact) mass is 589 g/mol. The van der Waals surface area contributed by atoms with Crippen LogP contribution >= 0.6 is 23.2 Å². The van der Waals surface area contributed by atoms with Crippen molar-refractivity contribution in [2.45, 2.75) is 19.3 Å². The molecule has 0 aliphatic carbocycles. The van der Waals surface area contributed by atoms with Gasteiger partial charge in [-0.05, 0) is 67.9 Å². The van der Waals surface area contributed by atoms with E-state index in [1.165, 1.54) is 16.9 Å². The molecule has 0 atom stereocenters. The summed E-state index contributed by atoms with van der Waals surface area (Å²) < 4.78 is 0. The fourth-order valence-corrected chi connectivity index (χ4v) is 6.17. The van der Waals surface area contributed by atoms with Crippen molar-refractivity contribution in [3.63, 3.8) is 0 Å². The number of anilines is 2. The third-order valence-electron chi connectivity index (χ3n) is 8.04. The molecular formula is C32H37Cl2N7. The number of halogens is 2. The minimum atomic E-state index is 0.581. The van der Waals surface area contributed by atoms with Crippen molar-refractivity contribution in [1.82, 2.24) is 24.8 Å². The van der Waals surface area contributed by atoms with Crippen LogP contribution in [0.2, 0.25) is 0 Å². The molecule has 214 valence electrons. The summed E-state index contributed by atoms with van der Waals surface area (Å²) in [6, 6.07) is 21.4. The lowest BCUT2D eigenvalue weighted by Gasteiger charge is -2.34. The van der Waals surface area contributed by atoms with Crippen molar-refractivity contribution in [1.29, 1.82) is 0 Å². The summed E-state index contributed by atoms with van der Waals surface area (Å²) in [5.41, 5.74) is 8.92. The average molecular weight is 591 g/mol. The summed E-state index contributed by atoms with van der Waals surface area (Å²) in [6.45, 7) is 5.87. The molecule has 1 fully saturated rings. The van der Waals surface area contributed by atoms with Crippen molar-refractivity contribution >= 4 is 56.6 Å². The van der Waals surface area contributed by atoms with Gasteiger partial charge in [-0.1, -0.05) is 18.2 Å². The van der Waals surface area contributed by atoms with E-state index in [0.717, 1.165) is 97.8 Å². The van der Waals surface area contributed by atoms with Gasteiger partial charge in [-0.3, -0.25) is 0 Å². The summed E-state index contributed by atoms with van der Waals surface area (Å²) >= 11 is 12.1. The first-order chi connectivity index (χ1) is 20.1. The number of rotatable bonds is 11. The Kier molecular flexibility index (Phi) is 8.65. The van der Waals surface area contributed by atoms with E-state index in [0.29, 0.717) is 11.8 Å². The number of fused-ring (bicyclic) bond motifs is 2. The van der Waals surface area contributed by atoms with Crippen LogP contribution in [0.15, 0.2) is 60.7 Å². The smallest absolute Gasteiger partial charge is 0.138 e. The molecule has 5 aromatic rings. The summed E-state index contributed by atoms with van der Waals surface area (Å²) in [6.07, 6.45) is 2.84. The van der Waals surface area contributed by atoms with Crippen molar-refractivity contribution in [3.05, 3.63) is 72.1 Å². The Morgan fingerprint density at radius 2 is 1.54 bits per heavy atom. The minimum absolute atomic E-state index is 0.581. The third kappa shape index (κ3) is 6.32. The molecule has 0 spiro atoms. The van der Waals surface area contributed by atoms with Crippen LogP contribution in [0.25, 0.3) is 33.5 Å². The van der Waals surface area contributed by atoms with Crippen molar-refractivity contribution in [2.24, 2.45) is 0 Å². The van der Waals surface area contributed by atoms with Crippen LogP contribution in [0.5, 0.6) is 0 Å². The molecule has 0 saturated carbocycles. The van der Waals surface area contributed by atoms with E-state index in [9.17, 15) is 0 Å². The Hall–Kier alpha value is -3.26. The molecule has 1 saturated heterocycles. The van der Waals surface area contributed by atoms with Crippen LogP contribution in [0.3, 0.4) is 0 Å². The summed E-state index contributed by atoms with van der Waals surface area (Å²) in [5.74, 6) is 3.05. The highest BCUT2D eigenvalue weighted by atomic mass is 35.5. The van der Waals surface area contributed by atoms with Gasteiger partial charge in [-0.25, -0.2) is 9.97 Å². The predicted octanol–water partition coefficient (Wildman–Crippen LogP) is 6.32. The van der Waals surface area contributed by atoms with E-state index in [-0.39, 0.29) is 0 Å². The number of alkyl halides is 2. The van der Waals surface area contributed by atoms with Gasteiger partial charge >= 0.3 is 0 Å². The summed E-state index contributed by atoms with van der Waals surface area (Å²) in [4.78, 5) is 24.0. The van der Waals surface area contributed by atoms with E-state index < -0.39 is 0 Å². The maximum Gasteiger partial charge on any atom is 0.138 e. The highest BCUT2D eigenvalue weighted by Crippen LogP contribution is 2.28. The Balaban J connectivity index is 1.14. The molecular weight excluding hydrogens is 553 g/mol. The predicted molar refractivity (Wildman–Crippen MR) is 173 cm³/mol. The first-order valence-electron chi connectivity index (χ1n) is 14.5. The lowest BCUT2D eigenvalue weighted by molar-refractivity contribution is 0.313. The summed E-state index contributed by atoms with van der Waals surface area (Å²) in [5, 5.41) is 0. The van der Waals surface area contributed by atoms with Crippen LogP contribution in [-0.2, 0) is 12.8 Å². The first kappa shape index (κ1) is 27.9. The van der Waals surface area contributed by atoms with Crippen molar-refractivity contribution < 1.29 is 0 Å². The van der Waals surface area contributed by atoms with Gasteiger partial charge in [0.25, 0.3) is 0 Å². The Bertz CT molecular complexity index is 1600. The number of para-hydroxylation sites is 1. The number of imidazole rings is 2. The van der Waals surface area contributed by atoms with Gasteiger partial charge in [0.2, 0.25) is 0 Å². The minimum Gasteiger partial charge on any atom is -0.369 e. The fraction of sp³-hybridized carbons (Fsp3) is 0.375. The van der Waals surface area contributed by atoms with E-state index in [4.69, 9.17) is 33.2 Å². The van der Waals surface area contributed by atoms with Gasteiger partial charge in [0, 0.05) is 74.4 Å². The van der Waals surface area contributed by atoms with E-state index >= 15 is 0 Å². The third-order valence-corrected chi connectivity index (χ3v) is 8.38. The molecule has 1 aliphatic rings. The number of likely N-dealkylation sites (N-methyl/N-ethyl adjacent to an activating group) is 1. The van der Waals surface area contributed by atoms with Gasteiger partial charge in [0.1, 0.15) is 11.6 Å². The largest absolute Gasteiger partial charge is 0.369 e. The Morgan fingerprint density at radius 1 is 0.805 bits per heavy atom. The highest BCUT2D eigenvalue weighted by Gasteiger charge is 2.16. The molecule has 2 N–H and O–H groups in total. The van der Waals surface area contributed by atoms with E-state index in [1.807, 2.05) is 0 Å². The number of nitrogens with zero attached hydrogens (tertiary/aromatic N) is 5. The number of benzene rings is 3. The molecule has 0 amide bonds. The molecule has 41 heavy (non-hydrogen) atoms. The summed E-state index contributed by atoms with van der Waals surface area (Å²) in [7, 11) is 2.18. The van der Waals surface area contributed by atoms with Gasteiger partial charge in [-0.2, -0.15) is 0 Å². The maximum absolute atomic E-state index is 6.06. The molecule has 3 heterocycles. The van der Waals surface area contributed by atoms with Crippen LogP contribution in [0.1, 0.15) is 17.8 Å². The fourth-order valence-electron chi connectivity index (χ4n) is 5.76. The number of aryl methyl sites for hydroxylation is 2. The maximum atomic E-state index is 6.06. The van der Waals surface area contributed by atoms with Crippen molar-refractivity contribution in [2.75, 3.05) is 67.9 Å². The molecule has 0 unspecified atom stereocenters. The highest BCUT2D eigenvalue weighted by molar-refractivity contribution is 6.18. The van der Waals surface area contributed by atoms with Gasteiger partial charge in [0.05, 0.1) is 22.1 Å². The van der Waals surface area contributed by atoms with Crippen LogP contribution in [0.4, 0.5) is 11.4 Å². The molecule has 0 radical (unpaired) electrons. The quantitative estimate of drug-likeness (QED) is 0.176. The molecule has 2 aromatic heterocycles. The topological polar surface area (TPSA) is 67.1 Å². The number of hydrogen-bond donors (Lipinski definition) is 2. The average Bonchev–Trinajstić information content (AvgIpc) is 3.61.